The van der Waals surface area contributed by atoms with Crippen LogP contribution in [-0.2, 0) is 11.8 Å². The Morgan fingerprint density at radius 1 is 1.17 bits per heavy atom. The Morgan fingerprint density at radius 2 is 1.96 bits per heavy atom. The van der Waals surface area contributed by atoms with E-state index in [0.717, 1.165) is 10.7 Å². The predicted octanol–water partition coefficient (Wildman–Crippen LogP) is 5.22. The van der Waals surface area contributed by atoms with E-state index in [9.17, 15) is 13.2 Å². The third-order valence-corrected chi connectivity index (χ3v) is 4.52. The molecule has 0 amide bonds. The first-order chi connectivity index (χ1) is 10.9. The van der Waals surface area contributed by atoms with Crippen LogP contribution in [0, 0.1) is 0 Å². The molecule has 1 aliphatic heterocycles. The zero-order valence-corrected chi connectivity index (χ0v) is 13.8. The molecule has 0 unspecified atom stereocenters. The number of aliphatic imine (C=N–C) groups is 1. The minimum absolute atomic E-state index is 0.124. The van der Waals surface area contributed by atoms with E-state index in [-0.39, 0.29) is 12.0 Å². The fourth-order valence-electron chi connectivity index (χ4n) is 2.76. The zero-order chi connectivity index (χ0) is 16.7. The van der Waals surface area contributed by atoms with E-state index in [1.807, 2.05) is 0 Å². The van der Waals surface area contributed by atoms with Crippen molar-refractivity contribution in [1.29, 1.82) is 0 Å². The summed E-state index contributed by atoms with van der Waals surface area (Å²) in [5, 5.41) is 0. The number of halogens is 4. The van der Waals surface area contributed by atoms with Crippen LogP contribution in [0.15, 0.2) is 51.9 Å². The maximum atomic E-state index is 14.0. The number of hydrogen-bond donors (Lipinski definition) is 0. The van der Waals surface area contributed by atoms with Crippen LogP contribution in [-0.4, -0.2) is 19.5 Å². The monoisotopic (exact) mass is 383 g/mol. The summed E-state index contributed by atoms with van der Waals surface area (Å²) < 4.78 is 47.7. The highest BCUT2D eigenvalue weighted by Crippen LogP contribution is 2.47. The van der Waals surface area contributed by atoms with Crippen LogP contribution < -0.4 is 4.74 Å². The molecule has 0 radical (unpaired) electrons. The molecular weight excluding hydrogens is 371 g/mol. The molecule has 1 aliphatic rings. The Labute approximate surface area is 140 Å². The van der Waals surface area contributed by atoms with Gasteiger partial charge < -0.3 is 4.74 Å². The molecule has 1 heterocycles. The fraction of sp³-hybridized carbons (Fsp3) is 0.235. The molecule has 0 N–H and O–H groups in total. The molecule has 0 fully saturated rings. The van der Waals surface area contributed by atoms with Gasteiger partial charge in [0.1, 0.15) is 11.2 Å². The quantitative estimate of drug-likeness (QED) is 0.696. The van der Waals surface area contributed by atoms with E-state index in [2.05, 4.69) is 20.9 Å². The normalized spacial score (nSPS) is 20.2. The second kappa shape index (κ2) is 5.67. The van der Waals surface area contributed by atoms with Gasteiger partial charge in [-0.15, -0.1) is 0 Å². The number of fused-ring (bicyclic) bond motifs is 1. The fourth-order valence-corrected chi connectivity index (χ4v) is 3.17. The van der Waals surface area contributed by atoms with Crippen molar-refractivity contribution in [3.05, 3.63) is 58.1 Å². The Kier molecular flexibility index (Phi) is 3.96. The van der Waals surface area contributed by atoms with Crippen molar-refractivity contribution in [3.63, 3.8) is 0 Å². The van der Waals surface area contributed by atoms with E-state index in [4.69, 9.17) is 4.74 Å². The molecule has 23 heavy (non-hydrogen) atoms. The maximum absolute atomic E-state index is 14.0. The minimum Gasteiger partial charge on any atom is -0.497 e. The Morgan fingerprint density at radius 3 is 2.65 bits per heavy atom. The van der Waals surface area contributed by atoms with Crippen molar-refractivity contribution in [2.24, 2.45) is 4.99 Å². The Hall–Kier alpha value is -1.82. The summed E-state index contributed by atoms with van der Waals surface area (Å²) in [5.41, 5.74) is -0.910. The lowest BCUT2D eigenvalue weighted by Crippen LogP contribution is -2.47. The van der Waals surface area contributed by atoms with Gasteiger partial charge in [0, 0.05) is 10.7 Å². The number of hydrogen-bond acceptors (Lipinski definition) is 2. The Balaban J connectivity index is 2.17. The zero-order valence-electron chi connectivity index (χ0n) is 12.2. The number of ether oxygens (including phenoxy) is 1. The van der Waals surface area contributed by atoms with Crippen molar-refractivity contribution in [2.45, 2.75) is 18.0 Å². The van der Waals surface area contributed by atoms with Gasteiger partial charge in [-0.3, -0.25) is 4.99 Å². The number of nitrogens with zero attached hydrogens (tertiary/aromatic N) is 1. The van der Waals surface area contributed by atoms with Crippen molar-refractivity contribution >= 4 is 27.8 Å². The van der Waals surface area contributed by atoms with Crippen molar-refractivity contribution < 1.29 is 17.9 Å². The van der Waals surface area contributed by atoms with E-state index < -0.39 is 11.6 Å². The van der Waals surface area contributed by atoms with Crippen molar-refractivity contribution in [3.8, 4) is 5.75 Å². The van der Waals surface area contributed by atoms with E-state index in [0.29, 0.717) is 17.0 Å². The molecule has 0 bridgehead atoms. The van der Waals surface area contributed by atoms with Gasteiger partial charge in [-0.05, 0) is 47.9 Å². The molecule has 3 rings (SSSR count). The molecule has 0 aliphatic carbocycles. The van der Waals surface area contributed by atoms with Gasteiger partial charge in [-0.1, -0.05) is 28.1 Å². The third kappa shape index (κ3) is 2.76. The summed E-state index contributed by atoms with van der Waals surface area (Å²) >= 11 is 3.30. The number of benzene rings is 2. The van der Waals surface area contributed by atoms with Crippen LogP contribution in [0.3, 0.4) is 0 Å². The van der Waals surface area contributed by atoms with Gasteiger partial charge in [-0.25, -0.2) is 0 Å². The number of methoxy groups -OCH3 is 1. The lowest BCUT2D eigenvalue weighted by Gasteiger charge is -2.35. The second-order valence-corrected chi connectivity index (χ2v) is 6.32. The largest absolute Gasteiger partial charge is 0.497 e. The smallest absolute Gasteiger partial charge is 0.403 e. The lowest BCUT2D eigenvalue weighted by molar-refractivity contribution is -0.168. The predicted molar refractivity (Wildman–Crippen MR) is 86.7 cm³/mol. The molecule has 2 aromatic rings. The molecule has 2 nitrogen and oxygen atoms in total. The SMILES string of the molecule is COc1cccc([C@@]2(C(F)(F)F)C=Nc3ccc(Br)cc3C2)c1. The summed E-state index contributed by atoms with van der Waals surface area (Å²) in [5.74, 6) is 0.388. The van der Waals surface area contributed by atoms with Crippen molar-refractivity contribution in [2.75, 3.05) is 7.11 Å². The summed E-state index contributed by atoms with van der Waals surface area (Å²) in [6, 6.07) is 11.2. The second-order valence-electron chi connectivity index (χ2n) is 5.41. The van der Waals surface area contributed by atoms with Gasteiger partial charge >= 0.3 is 6.18 Å². The van der Waals surface area contributed by atoms with Gasteiger partial charge in [0.15, 0.2) is 0 Å². The summed E-state index contributed by atoms with van der Waals surface area (Å²) in [4.78, 5) is 4.08. The standard InChI is InChI=1S/C17H13BrF3NO/c1-23-14-4-2-3-12(8-14)16(17(19,20)21)9-11-7-13(18)5-6-15(11)22-10-16/h2-8,10H,9H2,1H3/t16-/m0/s1. The topological polar surface area (TPSA) is 21.6 Å². The van der Waals surface area contributed by atoms with Gasteiger partial charge in [0.05, 0.1) is 12.8 Å². The first-order valence-corrected chi connectivity index (χ1v) is 7.70. The van der Waals surface area contributed by atoms with Gasteiger partial charge in [0.2, 0.25) is 0 Å². The third-order valence-electron chi connectivity index (χ3n) is 4.03. The molecule has 6 heteroatoms. The molecule has 120 valence electrons. The van der Waals surface area contributed by atoms with Crippen molar-refractivity contribution in [1.82, 2.24) is 0 Å². The molecular formula is C17H13BrF3NO. The lowest BCUT2D eigenvalue weighted by atomic mass is 9.74. The molecule has 1 atom stereocenters. The van der Waals surface area contributed by atoms with Crippen LogP contribution in [0.5, 0.6) is 5.75 Å². The van der Waals surface area contributed by atoms with Crippen LogP contribution in [0.2, 0.25) is 0 Å². The first kappa shape index (κ1) is 16.1. The summed E-state index contributed by atoms with van der Waals surface area (Å²) in [6.45, 7) is 0. The molecule has 0 aromatic heterocycles. The highest BCUT2D eigenvalue weighted by Gasteiger charge is 2.56. The molecule has 0 saturated carbocycles. The number of alkyl halides is 3. The summed E-state index contributed by atoms with van der Waals surface area (Å²) in [7, 11) is 1.43. The van der Waals surface area contributed by atoms with E-state index >= 15 is 0 Å². The van der Waals surface area contributed by atoms with Crippen LogP contribution in [0.1, 0.15) is 11.1 Å². The maximum Gasteiger partial charge on any atom is 0.403 e. The average Bonchev–Trinajstić information content (AvgIpc) is 2.53. The molecule has 0 spiro atoms. The highest BCUT2D eigenvalue weighted by atomic mass is 79.9. The van der Waals surface area contributed by atoms with E-state index in [1.165, 1.54) is 19.2 Å². The van der Waals surface area contributed by atoms with Gasteiger partial charge in [0.25, 0.3) is 0 Å². The highest BCUT2D eigenvalue weighted by molar-refractivity contribution is 9.10. The first-order valence-electron chi connectivity index (χ1n) is 6.91. The van der Waals surface area contributed by atoms with Crippen LogP contribution in [0.4, 0.5) is 18.9 Å². The average molecular weight is 384 g/mol. The summed E-state index contributed by atoms with van der Waals surface area (Å²) in [6.07, 6.45) is -3.65. The minimum atomic E-state index is -4.47. The molecule has 0 saturated heterocycles. The van der Waals surface area contributed by atoms with Crippen LogP contribution in [0.25, 0.3) is 0 Å². The van der Waals surface area contributed by atoms with E-state index in [1.54, 1.807) is 30.3 Å². The van der Waals surface area contributed by atoms with Crippen LogP contribution >= 0.6 is 15.9 Å². The molecule has 2 aromatic carbocycles. The van der Waals surface area contributed by atoms with Gasteiger partial charge in [-0.2, -0.15) is 13.2 Å². The Bertz CT molecular complexity index is 773. The number of rotatable bonds is 2.